The number of benzene rings is 2. The van der Waals surface area contributed by atoms with E-state index in [1.807, 2.05) is 6.07 Å². The lowest BCUT2D eigenvalue weighted by Gasteiger charge is -2.45. The second-order valence-corrected chi connectivity index (χ2v) is 9.43. The van der Waals surface area contributed by atoms with Crippen molar-refractivity contribution in [1.29, 1.82) is 5.26 Å². The summed E-state index contributed by atoms with van der Waals surface area (Å²) < 4.78 is 32.5. The molecule has 2 fully saturated rings. The maximum Gasteiger partial charge on any atom is 0.415 e. The SMILES string of the molecule is N#Cc1ccc(Nc2ncnc(OC3C4COCC3CN(C(=O)Oc3ccccc3Cl)C4)c2F)c(Cl)c1. The van der Waals surface area contributed by atoms with Crippen LogP contribution in [-0.4, -0.2) is 53.4 Å². The van der Waals surface area contributed by atoms with Crippen LogP contribution in [0.25, 0.3) is 0 Å². The number of carbonyl (C=O) groups is 1. The first-order valence-electron chi connectivity index (χ1n) is 11.4. The average molecular weight is 544 g/mol. The Bertz CT molecular complexity index is 1360. The third kappa shape index (κ3) is 5.39. The van der Waals surface area contributed by atoms with Crippen molar-refractivity contribution >= 4 is 40.8 Å². The number of nitrogens with zero attached hydrogens (tertiary/aromatic N) is 4. The molecular weight excluding hydrogens is 524 g/mol. The number of nitriles is 1. The number of rotatable bonds is 5. The first-order valence-corrected chi connectivity index (χ1v) is 12.1. The second-order valence-electron chi connectivity index (χ2n) is 8.62. The van der Waals surface area contributed by atoms with Crippen molar-refractivity contribution in [2.24, 2.45) is 11.8 Å². The summed E-state index contributed by atoms with van der Waals surface area (Å²) in [7, 11) is 0. The van der Waals surface area contributed by atoms with E-state index in [0.29, 0.717) is 42.6 Å². The molecule has 0 saturated carbocycles. The molecule has 2 saturated heterocycles. The molecule has 2 atom stereocenters. The molecule has 2 bridgehead atoms. The zero-order chi connectivity index (χ0) is 25.9. The number of carbonyl (C=O) groups excluding carboxylic acids is 1. The highest BCUT2D eigenvalue weighted by atomic mass is 35.5. The molecule has 12 heteroatoms. The van der Waals surface area contributed by atoms with Gasteiger partial charge in [0.15, 0.2) is 11.6 Å². The number of para-hydroxylation sites is 1. The van der Waals surface area contributed by atoms with E-state index >= 15 is 4.39 Å². The standard InChI is InChI=1S/C25H20Cl2FN5O4/c26-17-3-1-2-4-20(17)36-25(34)33-9-15-11-35-12-16(10-33)22(15)37-24-21(28)23(30-13-31-24)32-19-6-5-14(8-29)7-18(19)27/h1-7,13,15-16,22H,9-12H2,(H,30,31,32). The molecule has 5 rings (SSSR count). The minimum Gasteiger partial charge on any atom is -0.471 e. The highest BCUT2D eigenvalue weighted by molar-refractivity contribution is 6.33. The van der Waals surface area contributed by atoms with Crippen molar-refractivity contribution in [3.8, 4) is 17.7 Å². The number of fused-ring (bicyclic) bond motifs is 2. The summed E-state index contributed by atoms with van der Waals surface area (Å²) in [5.41, 5.74) is 0.749. The van der Waals surface area contributed by atoms with Crippen LogP contribution in [0.4, 0.5) is 20.7 Å². The third-order valence-electron chi connectivity index (χ3n) is 6.15. The van der Waals surface area contributed by atoms with Gasteiger partial charge in [0.25, 0.3) is 5.88 Å². The third-order valence-corrected chi connectivity index (χ3v) is 6.78. The van der Waals surface area contributed by atoms with E-state index in [0.717, 1.165) is 0 Å². The van der Waals surface area contributed by atoms with Gasteiger partial charge in [-0.25, -0.2) is 9.78 Å². The summed E-state index contributed by atoms with van der Waals surface area (Å²) in [5.74, 6) is -1.33. The fraction of sp³-hybridized carbons (Fsp3) is 0.280. The molecule has 2 aliphatic heterocycles. The molecule has 190 valence electrons. The minimum atomic E-state index is -0.789. The lowest BCUT2D eigenvalue weighted by atomic mass is 9.84. The smallest absolute Gasteiger partial charge is 0.415 e. The summed E-state index contributed by atoms with van der Waals surface area (Å²) in [6.45, 7) is 1.25. The molecule has 3 aromatic rings. The van der Waals surface area contributed by atoms with Crippen LogP contribution < -0.4 is 14.8 Å². The van der Waals surface area contributed by atoms with Gasteiger partial charge in [-0.3, -0.25) is 0 Å². The Morgan fingerprint density at radius 1 is 1.14 bits per heavy atom. The van der Waals surface area contributed by atoms with Crippen molar-refractivity contribution in [2.45, 2.75) is 6.10 Å². The molecule has 2 aromatic carbocycles. The molecular formula is C25H20Cl2FN5O4. The maximum atomic E-state index is 15.3. The quantitative estimate of drug-likeness (QED) is 0.475. The average Bonchev–Trinajstić information content (AvgIpc) is 2.88. The van der Waals surface area contributed by atoms with Crippen LogP contribution in [0, 0.1) is 29.0 Å². The summed E-state index contributed by atoms with van der Waals surface area (Å²) >= 11 is 12.3. The van der Waals surface area contributed by atoms with E-state index in [1.165, 1.54) is 12.4 Å². The number of amides is 1. The van der Waals surface area contributed by atoms with Gasteiger partial charge in [0, 0.05) is 24.9 Å². The molecule has 1 N–H and O–H groups in total. The molecule has 1 amide bonds. The topological polar surface area (TPSA) is 110 Å². The molecule has 0 spiro atoms. The zero-order valence-corrected chi connectivity index (χ0v) is 20.7. The number of piperidine rings is 1. The van der Waals surface area contributed by atoms with Crippen LogP contribution in [0.5, 0.6) is 11.6 Å². The molecule has 37 heavy (non-hydrogen) atoms. The van der Waals surface area contributed by atoms with E-state index in [9.17, 15) is 4.79 Å². The van der Waals surface area contributed by atoms with Gasteiger partial charge in [0.05, 0.1) is 40.6 Å². The van der Waals surface area contributed by atoms with Crippen molar-refractivity contribution in [2.75, 3.05) is 31.6 Å². The van der Waals surface area contributed by atoms with Crippen molar-refractivity contribution in [3.05, 3.63) is 70.2 Å². The Kier molecular flexibility index (Phi) is 7.28. The molecule has 2 unspecified atom stereocenters. The number of hydrogen-bond donors (Lipinski definition) is 1. The first kappa shape index (κ1) is 25.0. The van der Waals surface area contributed by atoms with Crippen LogP contribution in [0.1, 0.15) is 5.56 Å². The van der Waals surface area contributed by atoms with Gasteiger partial charge in [-0.2, -0.15) is 14.6 Å². The fourth-order valence-corrected chi connectivity index (χ4v) is 4.79. The number of hydrogen-bond acceptors (Lipinski definition) is 8. The number of halogens is 3. The Balaban J connectivity index is 1.29. The van der Waals surface area contributed by atoms with Gasteiger partial charge in [-0.15, -0.1) is 0 Å². The van der Waals surface area contributed by atoms with Gasteiger partial charge >= 0.3 is 6.09 Å². The van der Waals surface area contributed by atoms with Crippen molar-refractivity contribution in [3.63, 3.8) is 0 Å². The summed E-state index contributed by atoms with van der Waals surface area (Å²) in [4.78, 5) is 22.3. The molecule has 0 aliphatic carbocycles. The van der Waals surface area contributed by atoms with Gasteiger partial charge in [0.2, 0.25) is 5.82 Å². The van der Waals surface area contributed by atoms with E-state index in [2.05, 4.69) is 15.3 Å². The van der Waals surface area contributed by atoms with E-state index in [-0.39, 0.29) is 34.3 Å². The monoisotopic (exact) mass is 543 g/mol. The van der Waals surface area contributed by atoms with Crippen molar-refractivity contribution < 1.29 is 23.4 Å². The van der Waals surface area contributed by atoms with Gasteiger partial charge in [-0.05, 0) is 30.3 Å². The first-order chi connectivity index (χ1) is 17.9. The number of likely N-dealkylation sites (tertiary alicyclic amines) is 1. The summed E-state index contributed by atoms with van der Waals surface area (Å²) in [5, 5.41) is 12.4. The maximum absolute atomic E-state index is 15.3. The molecule has 9 nitrogen and oxygen atoms in total. The number of ether oxygens (including phenoxy) is 3. The highest BCUT2D eigenvalue weighted by Crippen LogP contribution is 2.34. The highest BCUT2D eigenvalue weighted by Gasteiger charge is 2.44. The fourth-order valence-electron chi connectivity index (χ4n) is 4.39. The molecule has 2 aliphatic rings. The van der Waals surface area contributed by atoms with E-state index in [4.69, 9.17) is 42.7 Å². The Hall–Kier alpha value is -3.65. The van der Waals surface area contributed by atoms with Gasteiger partial charge in [-0.1, -0.05) is 35.3 Å². The Morgan fingerprint density at radius 2 is 1.89 bits per heavy atom. The van der Waals surface area contributed by atoms with E-state index in [1.54, 1.807) is 41.3 Å². The summed E-state index contributed by atoms with van der Waals surface area (Å²) in [6.07, 6.45) is 0.219. The van der Waals surface area contributed by atoms with Gasteiger partial charge in [0.1, 0.15) is 12.4 Å². The number of aromatic nitrogens is 2. The largest absolute Gasteiger partial charge is 0.471 e. The van der Waals surface area contributed by atoms with Crippen LogP contribution >= 0.6 is 23.2 Å². The van der Waals surface area contributed by atoms with Crippen LogP contribution in [0.3, 0.4) is 0 Å². The minimum absolute atomic E-state index is 0.126. The van der Waals surface area contributed by atoms with Gasteiger partial charge < -0.3 is 24.4 Å². The number of nitrogens with one attached hydrogen (secondary N) is 1. The molecule has 1 aromatic heterocycles. The zero-order valence-electron chi connectivity index (χ0n) is 19.2. The molecule has 3 heterocycles. The van der Waals surface area contributed by atoms with Crippen LogP contribution in [0.15, 0.2) is 48.8 Å². The van der Waals surface area contributed by atoms with Crippen LogP contribution in [0.2, 0.25) is 10.0 Å². The van der Waals surface area contributed by atoms with Crippen LogP contribution in [-0.2, 0) is 4.74 Å². The lowest BCUT2D eigenvalue weighted by molar-refractivity contribution is -0.108. The Labute approximate surface area is 221 Å². The molecule has 0 radical (unpaired) electrons. The summed E-state index contributed by atoms with van der Waals surface area (Å²) in [6, 6.07) is 13.3. The van der Waals surface area contributed by atoms with E-state index < -0.39 is 18.0 Å². The van der Waals surface area contributed by atoms with Crippen molar-refractivity contribution in [1.82, 2.24) is 14.9 Å². The normalized spacial score (nSPS) is 20.6. The Morgan fingerprint density at radius 3 is 2.59 bits per heavy atom. The predicted molar refractivity (Wildman–Crippen MR) is 133 cm³/mol. The predicted octanol–water partition coefficient (Wildman–Crippen LogP) is 5.06. The number of anilines is 2. The second kappa shape index (κ2) is 10.8. The lowest BCUT2D eigenvalue weighted by Crippen LogP contribution is -2.59.